The predicted octanol–water partition coefficient (Wildman–Crippen LogP) is 1.56. The maximum atomic E-state index is 12.8. The highest BCUT2D eigenvalue weighted by atomic mass is 16.3. The van der Waals surface area contributed by atoms with Crippen molar-refractivity contribution >= 4 is 39.6 Å². The van der Waals surface area contributed by atoms with Crippen LogP contribution in [0.2, 0.25) is 0 Å². The third-order valence-electron chi connectivity index (χ3n) is 8.60. The Morgan fingerprint density at radius 1 is 1.18 bits per heavy atom. The second-order valence-corrected chi connectivity index (χ2v) is 10.9. The van der Waals surface area contributed by atoms with Gasteiger partial charge in [-0.2, -0.15) is 5.10 Å². The van der Waals surface area contributed by atoms with E-state index in [2.05, 4.69) is 15.3 Å². The van der Waals surface area contributed by atoms with Crippen LogP contribution in [0.3, 0.4) is 0 Å². The van der Waals surface area contributed by atoms with Crippen molar-refractivity contribution in [2.24, 2.45) is 17.8 Å². The van der Waals surface area contributed by atoms with Crippen molar-refractivity contribution in [2.75, 3.05) is 18.4 Å². The molecule has 3 aromatic heterocycles. The third-order valence-corrected chi connectivity index (χ3v) is 8.60. The number of rotatable bonds is 2. The lowest BCUT2D eigenvalue weighted by Gasteiger charge is -2.57. The van der Waals surface area contributed by atoms with Crippen LogP contribution in [0.4, 0.5) is 5.82 Å². The molecule has 8 rings (SSSR count). The molecule has 2 amide bonds. The maximum absolute atomic E-state index is 12.8. The van der Waals surface area contributed by atoms with Gasteiger partial charge >= 0.3 is 11.8 Å². The number of pyridine rings is 1. The Morgan fingerprint density at radius 2 is 1.97 bits per heavy atom. The molecular formula is C24H28N6O4. The molecule has 10 nitrogen and oxygen atoms in total. The maximum Gasteiger partial charge on any atom is 0.315 e. The first-order valence-corrected chi connectivity index (χ1v) is 12.2. The highest BCUT2D eigenvalue weighted by Crippen LogP contribution is 2.60. The van der Waals surface area contributed by atoms with Crippen molar-refractivity contribution < 1.29 is 19.8 Å². The molecule has 0 radical (unpaired) electrons. The zero-order valence-electron chi connectivity index (χ0n) is 18.8. The summed E-state index contributed by atoms with van der Waals surface area (Å²) in [5.74, 6) is 0.148. The van der Waals surface area contributed by atoms with Gasteiger partial charge in [-0.25, -0.2) is 4.98 Å². The number of likely N-dealkylation sites (tertiary alicyclic amines) is 1. The predicted molar refractivity (Wildman–Crippen MR) is 123 cm³/mol. The quantitative estimate of drug-likeness (QED) is 0.425. The van der Waals surface area contributed by atoms with Crippen molar-refractivity contribution in [3.63, 3.8) is 0 Å². The smallest absolute Gasteiger partial charge is 0.315 e. The topological polar surface area (TPSA) is 136 Å². The second kappa shape index (κ2) is 7.02. The fourth-order valence-corrected chi connectivity index (χ4v) is 7.52. The standard InChI is InChI=1S/C24H28N6O4/c31-15-2-4-29(11-15)23(33)22(32)27-21-17-10-26-20-16(1-3-25-20)19(17)30(28-21)18-13-5-12-6-14(18)9-24(34,7-12)8-13/h1,3,10,12-15,18,31,34H,2,4-9,11H2,(H,25,26)(H,27,28,32)/t12?,13-,14+,15?,18+,24-. The lowest BCUT2D eigenvalue weighted by molar-refractivity contribution is -0.148. The van der Waals surface area contributed by atoms with Crippen molar-refractivity contribution in [1.29, 1.82) is 0 Å². The summed E-state index contributed by atoms with van der Waals surface area (Å²) in [6.07, 6.45) is 8.07. The lowest BCUT2D eigenvalue weighted by atomic mass is 9.52. The Morgan fingerprint density at radius 3 is 2.68 bits per heavy atom. The summed E-state index contributed by atoms with van der Waals surface area (Å²) in [7, 11) is 0. The van der Waals surface area contributed by atoms with Gasteiger partial charge in [0.25, 0.3) is 0 Å². The largest absolute Gasteiger partial charge is 0.391 e. The molecule has 4 heterocycles. The zero-order chi connectivity index (χ0) is 23.2. The molecule has 5 fully saturated rings. The number of aromatic nitrogens is 4. The summed E-state index contributed by atoms with van der Waals surface area (Å²) >= 11 is 0. The number of aromatic amines is 1. The molecule has 4 bridgehead atoms. The molecule has 1 aliphatic heterocycles. The van der Waals surface area contributed by atoms with Gasteiger partial charge in [0.1, 0.15) is 5.65 Å². The van der Waals surface area contributed by atoms with Gasteiger partial charge in [0.05, 0.1) is 28.6 Å². The van der Waals surface area contributed by atoms with E-state index in [9.17, 15) is 19.8 Å². The molecule has 2 unspecified atom stereocenters. The van der Waals surface area contributed by atoms with E-state index in [0.717, 1.165) is 48.7 Å². The van der Waals surface area contributed by atoms with Gasteiger partial charge in [0.15, 0.2) is 5.82 Å². The summed E-state index contributed by atoms with van der Waals surface area (Å²) in [5, 5.41) is 30.0. The van der Waals surface area contributed by atoms with E-state index in [4.69, 9.17) is 5.10 Å². The molecule has 10 heteroatoms. The first-order valence-electron chi connectivity index (χ1n) is 12.2. The van der Waals surface area contributed by atoms with Gasteiger partial charge in [-0.3, -0.25) is 14.3 Å². The Kier molecular flexibility index (Phi) is 4.21. The molecule has 0 spiro atoms. The number of fused-ring (bicyclic) bond motifs is 3. The molecule has 178 valence electrons. The molecule has 3 aromatic rings. The summed E-state index contributed by atoms with van der Waals surface area (Å²) in [6, 6.07) is 2.10. The van der Waals surface area contributed by atoms with E-state index in [1.165, 1.54) is 4.90 Å². The van der Waals surface area contributed by atoms with E-state index in [0.29, 0.717) is 41.9 Å². The summed E-state index contributed by atoms with van der Waals surface area (Å²) < 4.78 is 2.04. The van der Waals surface area contributed by atoms with Crippen molar-refractivity contribution in [1.82, 2.24) is 24.6 Å². The lowest BCUT2D eigenvalue weighted by Crippen LogP contribution is -2.55. The van der Waals surface area contributed by atoms with E-state index in [1.54, 1.807) is 6.20 Å². The number of amides is 2. The van der Waals surface area contributed by atoms with Gasteiger partial charge < -0.3 is 25.4 Å². The van der Waals surface area contributed by atoms with E-state index >= 15 is 0 Å². The SMILES string of the molecule is O=C(Nc1nn([C@H]2[C@@H]3CC4C[C@H]2C[C@@](O)(C4)C3)c2c1cnc1[nH]ccc12)C(=O)N1CCC(O)C1. The summed E-state index contributed by atoms with van der Waals surface area (Å²) in [5.41, 5.74) is 1.09. The van der Waals surface area contributed by atoms with Gasteiger partial charge in [-0.05, 0) is 62.3 Å². The van der Waals surface area contributed by atoms with Crippen LogP contribution in [0, 0.1) is 17.8 Å². The van der Waals surface area contributed by atoms with Crippen LogP contribution in [-0.4, -0.2) is 71.5 Å². The molecule has 1 saturated heterocycles. The van der Waals surface area contributed by atoms with Gasteiger partial charge in [0.2, 0.25) is 0 Å². The molecular weight excluding hydrogens is 436 g/mol. The van der Waals surface area contributed by atoms with E-state index < -0.39 is 23.5 Å². The molecule has 5 aliphatic rings. The van der Waals surface area contributed by atoms with Crippen LogP contribution >= 0.6 is 0 Å². The van der Waals surface area contributed by atoms with E-state index in [-0.39, 0.29) is 12.6 Å². The Labute approximate surface area is 195 Å². The number of carbonyl (C=O) groups excluding carboxylic acids is 2. The van der Waals surface area contributed by atoms with Gasteiger partial charge in [0, 0.05) is 30.9 Å². The monoisotopic (exact) mass is 464 g/mol. The van der Waals surface area contributed by atoms with Gasteiger partial charge in [-0.15, -0.1) is 0 Å². The molecule has 4 N–H and O–H groups in total. The third kappa shape index (κ3) is 2.94. The number of hydrogen-bond acceptors (Lipinski definition) is 6. The number of anilines is 1. The average molecular weight is 465 g/mol. The minimum Gasteiger partial charge on any atom is -0.391 e. The molecule has 4 aliphatic carbocycles. The number of H-pyrrole nitrogens is 1. The Hall–Kier alpha value is -2.98. The van der Waals surface area contributed by atoms with Crippen molar-refractivity contribution in [3.05, 3.63) is 18.5 Å². The van der Waals surface area contributed by atoms with Crippen molar-refractivity contribution in [2.45, 2.75) is 56.3 Å². The fraction of sp³-hybridized carbons (Fsp3) is 0.583. The van der Waals surface area contributed by atoms with Crippen LogP contribution in [0.5, 0.6) is 0 Å². The minimum absolute atomic E-state index is 0.134. The second-order valence-electron chi connectivity index (χ2n) is 10.9. The number of aliphatic hydroxyl groups excluding tert-OH is 1. The number of nitrogens with zero attached hydrogens (tertiary/aromatic N) is 4. The van der Waals surface area contributed by atoms with Crippen LogP contribution in [-0.2, 0) is 9.59 Å². The highest BCUT2D eigenvalue weighted by Gasteiger charge is 2.56. The van der Waals surface area contributed by atoms with Crippen LogP contribution in [0.1, 0.15) is 44.6 Å². The zero-order valence-corrected chi connectivity index (χ0v) is 18.8. The van der Waals surface area contributed by atoms with Crippen LogP contribution in [0.25, 0.3) is 21.9 Å². The number of nitrogens with one attached hydrogen (secondary N) is 2. The van der Waals surface area contributed by atoms with Crippen LogP contribution in [0.15, 0.2) is 18.5 Å². The first-order chi connectivity index (χ1) is 16.4. The Balaban J connectivity index is 1.29. The number of hydrogen-bond donors (Lipinski definition) is 4. The number of aliphatic hydroxyl groups is 2. The molecule has 6 atom stereocenters. The summed E-state index contributed by atoms with van der Waals surface area (Å²) in [4.78, 5) is 34.5. The number of carbonyl (C=O) groups is 2. The average Bonchev–Trinajstić information content (AvgIpc) is 3.50. The van der Waals surface area contributed by atoms with Gasteiger partial charge in [-0.1, -0.05) is 0 Å². The molecule has 34 heavy (non-hydrogen) atoms. The van der Waals surface area contributed by atoms with Crippen molar-refractivity contribution in [3.8, 4) is 0 Å². The van der Waals surface area contributed by atoms with E-state index in [1.807, 2.05) is 16.9 Å². The molecule has 0 aromatic carbocycles. The Bertz CT molecular complexity index is 1310. The highest BCUT2D eigenvalue weighted by molar-refractivity contribution is 6.40. The van der Waals surface area contributed by atoms with Crippen LogP contribution < -0.4 is 5.32 Å². The fourth-order valence-electron chi connectivity index (χ4n) is 7.52. The first kappa shape index (κ1) is 20.4. The summed E-state index contributed by atoms with van der Waals surface area (Å²) in [6.45, 7) is 0.534. The molecule has 4 saturated carbocycles. The number of β-amino-alcohol motifs (C(OH)–C–C–N with tert-alkyl or cyclic N) is 1. The minimum atomic E-state index is -0.755. The normalized spacial score (nSPS) is 34.4.